The molecule has 202 valence electrons. The third-order valence-corrected chi connectivity index (χ3v) is 8.05. The molecule has 1 aromatic carbocycles. The summed E-state index contributed by atoms with van der Waals surface area (Å²) in [5, 5.41) is 0. The fourth-order valence-corrected chi connectivity index (χ4v) is 5.73. The van der Waals surface area contributed by atoms with Gasteiger partial charge in [0.2, 0.25) is 0 Å². The number of pyridine rings is 1. The van der Waals surface area contributed by atoms with Crippen molar-refractivity contribution in [3.05, 3.63) is 48.3 Å². The molecule has 3 aliphatic heterocycles. The number of halogens is 3. The van der Waals surface area contributed by atoms with Crippen molar-refractivity contribution in [2.24, 2.45) is 0 Å². The Labute approximate surface area is 217 Å². The fourth-order valence-electron chi connectivity index (χ4n) is 5.73. The average molecular weight is 519 g/mol. The quantitative estimate of drug-likeness (QED) is 0.540. The first-order chi connectivity index (χ1) is 17.7. The summed E-state index contributed by atoms with van der Waals surface area (Å²) < 4.78 is 52.0. The molecule has 5 rings (SSSR count). The molecule has 4 heterocycles. The van der Waals surface area contributed by atoms with Crippen molar-refractivity contribution in [3.8, 4) is 5.75 Å². The van der Waals surface area contributed by atoms with Gasteiger partial charge in [-0.2, -0.15) is 13.2 Å². The first kappa shape index (κ1) is 26.1. The maximum atomic E-state index is 13.2. The van der Waals surface area contributed by atoms with Gasteiger partial charge in [0.1, 0.15) is 11.9 Å². The van der Waals surface area contributed by atoms with Crippen molar-refractivity contribution in [1.82, 2.24) is 9.88 Å². The maximum Gasteiger partial charge on any atom is 0.417 e. The number of morpholine rings is 1. The lowest BCUT2D eigenvalue weighted by Gasteiger charge is -2.48. The van der Waals surface area contributed by atoms with Crippen LogP contribution < -0.4 is 14.5 Å². The molecule has 0 radical (unpaired) electrons. The molecule has 3 aliphatic rings. The number of nitrogens with zero attached hydrogens (tertiary/aromatic N) is 4. The number of aromatic nitrogens is 1. The lowest BCUT2D eigenvalue weighted by molar-refractivity contribution is -0.137. The van der Waals surface area contributed by atoms with Gasteiger partial charge in [-0.25, -0.2) is 0 Å². The Balaban J connectivity index is 1.15. The second-order valence-electron chi connectivity index (χ2n) is 10.8. The van der Waals surface area contributed by atoms with Crippen LogP contribution in [0, 0.1) is 0 Å². The van der Waals surface area contributed by atoms with E-state index in [0.717, 1.165) is 69.5 Å². The second-order valence-corrected chi connectivity index (χ2v) is 10.8. The molecular weight excluding hydrogens is 481 g/mol. The minimum absolute atomic E-state index is 0.272. The zero-order valence-corrected chi connectivity index (χ0v) is 21.7. The van der Waals surface area contributed by atoms with E-state index in [1.165, 1.54) is 12.3 Å². The van der Waals surface area contributed by atoms with Crippen molar-refractivity contribution < 1.29 is 22.6 Å². The fraction of sp³-hybridized carbons (Fsp3) is 0.607. The molecule has 0 unspecified atom stereocenters. The Kier molecular flexibility index (Phi) is 7.54. The SMILES string of the molecule is CC(C)N1CCC(Oc2ccc(N3CCC4(CC3)CN(c3cncc(C(F)(F)F)c3)CCO4)cc2)CC1. The van der Waals surface area contributed by atoms with Crippen molar-refractivity contribution in [1.29, 1.82) is 0 Å². The standard InChI is InChI=1S/C28H37F3N4O2/c1-21(2)33-11-7-26(8-12-33)37-25-5-3-23(4-6-25)34-13-9-27(10-14-34)20-35(15-16-36-27)24-17-22(18-32-19-24)28(29,30)31/h3-6,17-19,21,26H,7-16,20H2,1-2H3. The molecule has 9 heteroatoms. The third-order valence-electron chi connectivity index (χ3n) is 8.05. The Bertz CT molecular complexity index is 1030. The van der Waals surface area contributed by atoms with Gasteiger partial charge in [-0.3, -0.25) is 4.98 Å². The van der Waals surface area contributed by atoms with Gasteiger partial charge < -0.3 is 24.2 Å². The van der Waals surface area contributed by atoms with Gasteiger partial charge in [-0.1, -0.05) is 0 Å². The van der Waals surface area contributed by atoms with E-state index in [9.17, 15) is 13.2 Å². The normalized spacial score (nSPS) is 21.6. The molecule has 3 saturated heterocycles. The minimum atomic E-state index is -4.40. The van der Waals surface area contributed by atoms with Gasteiger partial charge in [-0.05, 0) is 69.9 Å². The molecule has 6 nitrogen and oxygen atoms in total. The molecule has 0 saturated carbocycles. The number of ether oxygens (including phenoxy) is 2. The molecule has 0 aliphatic carbocycles. The minimum Gasteiger partial charge on any atom is -0.490 e. The van der Waals surface area contributed by atoms with Gasteiger partial charge in [-0.15, -0.1) is 0 Å². The van der Waals surface area contributed by atoms with Crippen LogP contribution in [0.4, 0.5) is 24.5 Å². The van der Waals surface area contributed by atoms with E-state index >= 15 is 0 Å². The van der Waals surface area contributed by atoms with Crippen LogP contribution >= 0.6 is 0 Å². The molecule has 0 atom stereocenters. The summed E-state index contributed by atoms with van der Waals surface area (Å²) in [6.45, 7) is 9.96. The van der Waals surface area contributed by atoms with Crippen LogP contribution in [0.1, 0.15) is 45.1 Å². The van der Waals surface area contributed by atoms with Crippen molar-refractivity contribution in [3.63, 3.8) is 0 Å². The molecule has 0 N–H and O–H groups in total. The van der Waals surface area contributed by atoms with Gasteiger partial charge in [0.05, 0.1) is 29.7 Å². The predicted octanol–water partition coefficient (Wildman–Crippen LogP) is 5.23. The van der Waals surface area contributed by atoms with Gasteiger partial charge >= 0.3 is 6.18 Å². The van der Waals surface area contributed by atoms with Crippen LogP contribution in [-0.2, 0) is 10.9 Å². The molecule has 0 amide bonds. The number of alkyl halides is 3. The highest BCUT2D eigenvalue weighted by Crippen LogP contribution is 2.36. The highest BCUT2D eigenvalue weighted by molar-refractivity contribution is 5.51. The molecule has 2 aromatic rings. The Morgan fingerprint density at radius 2 is 1.65 bits per heavy atom. The molecular formula is C28H37F3N4O2. The molecule has 37 heavy (non-hydrogen) atoms. The van der Waals surface area contributed by atoms with E-state index in [2.05, 4.69) is 52.9 Å². The zero-order valence-electron chi connectivity index (χ0n) is 21.7. The first-order valence-corrected chi connectivity index (χ1v) is 13.4. The summed E-state index contributed by atoms with van der Waals surface area (Å²) in [6, 6.07) is 10.2. The number of piperidine rings is 2. The van der Waals surface area contributed by atoms with E-state index in [0.29, 0.717) is 31.4 Å². The number of anilines is 2. The van der Waals surface area contributed by atoms with E-state index < -0.39 is 11.7 Å². The Hall–Kier alpha value is -2.52. The number of hydrogen-bond acceptors (Lipinski definition) is 6. The molecule has 1 spiro atoms. The van der Waals surface area contributed by atoms with Crippen LogP contribution in [-0.4, -0.2) is 73.5 Å². The summed E-state index contributed by atoms with van der Waals surface area (Å²) in [4.78, 5) is 10.7. The van der Waals surface area contributed by atoms with Crippen LogP contribution in [0.3, 0.4) is 0 Å². The van der Waals surface area contributed by atoms with Crippen LogP contribution in [0.5, 0.6) is 5.75 Å². The number of rotatable bonds is 5. The highest BCUT2D eigenvalue weighted by Gasteiger charge is 2.40. The lowest BCUT2D eigenvalue weighted by Crippen LogP contribution is -2.57. The number of likely N-dealkylation sites (tertiary alicyclic amines) is 1. The van der Waals surface area contributed by atoms with Crippen molar-refractivity contribution in [2.45, 2.75) is 63.5 Å². The van der Waals surface area contributed by atoms with Gasteiger partial charge in [0.25, 0.3) is 0 Å². The predicted molar refractivity (Wildman–Crippen MR) is 138 cm³/mol. The molecule has 3 fully saturated rings. The maximum absolute atomic E-state index is 13.2. The van der Waals surface area contributed by atoms with Crippen LogP contribution in [0.25, 0.3) is 0 Å². The average Bonchev–Trinajstić information content (AvgIpc) is 2.90. The van der Waals surface area contributed by atoms with Crippen LogP contribution in [0.2, 0.25) is 0 Å². The Morgan fingerprint density at radius 1 is 0.946 bits per heavy atom. The van der Waals surface area contributed by atoms with Gasteiger partial charge in [0, 0.05) is 57.2 Å². The highest BCUT2D eigenvalue weighted by atomic mass is 19.4. The summed E-state index contributed by atoms with van der Waals surface area (Å²) >= 11 is 0. The number of benzene rings is 1. The lowest BCUT2D eigenvalue weighted by atomic mass is 9.89. The second kappa shape index (κ2) is 10.7. The molecule has 1 aromatic heterocycles. The van der Waals surface area contributed by atoms with E-state index in [-0.39, 0.29) is 11.7 Å². The van der Waals surface area contributed by atoms with Gasteiger partial charge in [0.15, 0.2) is 0 Å². The van der Waals surface area contributed by atoms with E-state index in [1.54, 1.807) is 0 Å². The van der Waals surface area contributed by atoms with Crippen molar-refractivity contribution in [2.75, 3.05) is 55.7 Å². The summed E-state index contributed by atoms with van der Waals surface area (Å²) in [7, 11) is 0. The smallest absolute Gasteiger partial charge is 0.417 e. The van der Waals surface area contributed by atoms with Crippen LogP contribution in [0.15, 0.2) is 42.7 Å². The number of hydrogen-bond donors (Lipinski definition) is 0. The summed E-state index contributed by atoms with van der Waals surface area (Å²) in [5.41, 5.74) is 0.599. The summed E-state index contributed by atoms with van der Waals surface area (Å²) in [5.74, 6) is 0.918. The molecule has 0 bridgehead atoms. The monoisotopic (exact) mass is 518 g/mol. The Morgan fingerprint density at radius 3 is 2.30 bits per heavy atom. The van der Waals surface area contributed by atoms with E-state index in [1.807, 2.05) is 4.90 Å². The van der Waals surface area contributed by atoms with E-state index in [4.69, 9.17) is 9.47 Å². The zero-order chi connectivity index (χ0) is 26.0. The van der Waals surface area contributed by atoms with Crippen molar-refractivity contribution >= 4 is 11.4 Å². The summed E-state index contributed by atoms with van der Waals surface area (Å²) in [6.07, 6.45) is 2.03. The third kappa shape index (κ3) is 6.14. The topological polar surface area (TPSA) is 41.1 Å². The largest absolute Gasteiger partial charge is 0.490 e. The first-order valence-electron chi connectivity index (χ1n) is 13.4.